The van der Waals surface area contributed by atoms with Gasteiger partial charge in [0.25, 0.3) is 0 Å². The average molecular weight is 443 g/mol. The second-order valence-corrected chi connectivity index (χ2v) is 9.44. The summed E-state index contributed by atoms with van der Waals surface area (Å²) in [5.41, 5.74) is 0.149. The number of thioether (sulfide) groups is 1. The van der Waals surface area contributed by atoms with E-state index in [0.29, 0.717) is 31.2 Å². The van der Waals surface area contributed by atoms with Gasteiger partial charge in [-0.25, -0.2) is 22.2 Å². The van der Waals surface area contributed by atoms with Crippen LogP contribution in [0.15, 0.2) is 46.5 Å². The number of hydrogen-bond acceptors (Lipinski definition) is 6. The predicted molar refractivity (Wildman–Crippen MR) is 106 cm³/mol. The van der Waals surface area contributed by atoms with E-state index < -0.39 is 27.6 Å². The van der Waals surface area contributed by atoms with Gasteiger partial charge in [-0.1, -0.05) is 11.8 Å². The molecule has 1 aliphatic heterocycles. The number of nitrogens with one attached hydrogen (secondary N) is 1. The summed E-state index contributed by atoms with van der Waals surface area (Å²) < 4.78 is 52.8. The van der Waals surface area contributed by atoms with Crippen molar-refractivity contribution in [2.45, 2.75) is 9.92 Å². The number of nitrogens with zero attached hydrogens (tertiary/aromatic N) is 3. The molecule has 0 aliphatic carbocycles. The minimum absolute atomic E-state index is 0.0173. The van der Waals surface area contributed by atoms with E-state index in [9.17, 15) is 22.0 Å². The lowest BCUT2D eigenvalue weighted by Gasteiger charge is -2.31. The summed E-state index contributed by atoms with van der Waals surface area (Å²) in [6.07, 6.45) is 1.28. The maximum absolute atomic E-state index is 13.2. The maximum Gasteiger partial charge on any atom is 0.244 e. The molecule has 1 aromatic carbocycles. The number of aromatic nitrogens is 1. The Morgan fingerprint density at radius 2 is 1.86 bits per heavy atom. The van der Waals surface area contributed by atoms with E-state index in [4.69, 9.17) is 0 Å². The molecule has 0 radical (unpaired) electrons. The summed E-state index contributed by atoms with van der Waals surface area (Å²) in [6.45, 7) is 2.21. The Labute approximate surface area is 172 Å². The number of anilines is 1. The van der Waals surface area contributed by atoms with Gasteiger partial charge in [0, 0.05) is 44.1 Å². The van der Waals surface area contributed by atoms with Crippen molar-refractivity contribution in [2.24, 2.45) is 0 Å². The largest absolute Gasteiger partial charge is 0.325 e. The van der Waals surface area contributed by atoms with Crippen LogP contribution in [0, 0.1) is 11.6 Å². The van der Waals surface area contributed by atoms with E-state index in [1.54, 1.807) is 6.07 Å². The molecule has 1 saturated heterocycles. The topological polar surface area (TPSA) is 82.6 Å². The molecule has 7 nitrogen and oxygen atoms in total. The normalized spacial score (nSPS) is 16.0. The Morgan fingerprint density at radius 3 is 2.48 bits per heavy atom. The molecule has 1 N–H and O–H groups in total. The highest BCUT2D eigenvalue weighted by molar-refractivity contribution is 7.99. The van der Waals surface area contributed by atoms with Crippen LogP contribution in [-0.4, -0.2) is 67.5 Å². The van der Waals surface area contributed by atoms with Crippen LogP contribution in [0.4, 0.5) is 14.5 Å². The molecular weight excluding hydrogens is 422 g/mol. The standard InChI is InChI=1S/C18H20F2N4O3S2/c1-23-6-8-24(9-7-23)29(26,27)14-3-5-18(21-11-14)28-12-17(25)22-13-2-4-15(19)16(20)10-13/h2-5,10-11H,6-9,12H2,1H3,(H,22,25). The molecule has 0 atom stereocenters. The quantitative estimate of drug-likeness (QED) is 0.690. The summed E-state index contributed by atoms with van der Waals surface area (Å²) in [4.78, 5) is 18.2. The first-order chi connectivity index (χ1) is 13.8. The molecule has 29 heavy (non-hydrogen) atoms. The third kappa shape index (κ3) is 5.50. The van der Waals surface area contributed by atoms with Crippen LogP contribution in [-0.2, 0) is 14.8 Å². The highest BCUT2D eigenvalue weighted by Gasteiger charge is 2.27. The van der Waals surface area contributed by atoms with Crippen molar-refractivity contribution in [3.63, 3.8) is 0 Å². The van der Waals surface area contributed by atoms with Crippen LogP contribution in [0.1, 0.15) is 0 Å². The van der Waals surface area contributed by atoms with Gasteiger partial charge in [0.2, 0.25) is 15.9 Å². The van der Waals surface area contributed by atoms with E-state index in [2.05, 4.69) is 15.2 Å². The Hall–Kier alpha value is -2.08. The maximum atomic E-state index is 13.2. The van der Waals surface area contributed by atoms with Gasteiger partial charge >= 0.3 is 0 Å². The number of carbonyl (C=O) groups excluding carboxylic acids is 1. The number of rotatable bonds is 6. The fourth-order valence-corrected chi connectivity index (χ4v) is 4.70. The van der Waals surface area contributed by atoms with Crippen molar-refractivity contribution in [1.29, 1.82) is 0 Å². The summed E-state index contributed by atoms with van der Waals surface area (Å²) in [6, 6.07) is 6.10. The molecule has 156 valence electrons. The van der Waals surface area contributed by atoms with Crippen LogP contribution in [0.5, 0.6) is 0 Å². The summed E-state index contributed by atoms with van der Waals surface area (Å²) in [5.74, 6) is -2.48. The number of likely N-dealkylation sites (N-methyl/N-ethyl adjacent to an activating group) is 1. The van der Waals surface area contributed by atoms with Crippen molar-refractivity contribution in [2.75, 3.05) is 44.3 Å². The smallest absolute Gasteiger partial charge is 0.244 e. The SMILES string of the molecule is CN1CCN(S(=O)(=O)c2ccc(SCC(=O)Nc3ccc(F)c(F)c3)nc2)CC1. The van der Waals surface area contributed by atoms with Crippen molar-refractivity contribution in [3.05, 3.63) is 48.2 Å². The summed E-state index contributed by atoms with van der Waals surface area (Å²) in [7, 11) is -1.65. The van der Waals surface area contributed by atoms with Gasteiger partial charge in [-0.05, 0) is 31.3 Å². The fourth-order valence-electron chi connectivity index (χ4n) is 2.69. The second-order valence-electron chi connectivity index (χ2n) is 6.51. The van der Waals surface area contributed by atoms with Gasteiger partial charge in [-0.15, -0.1) is 0 Å². The molecule has 1 fully saturated rings. The molecule has 11 heteroatoms. The monoisotopic (exact) mass is 442 g/mol. The Bertz CT molecular complexity index is 979. The number of sulfonamides is 1. The lowest BCUT2D eigenvalue weighted by atomic mass is 10.3. The Morgan fingerprint density at radius 1 is 1.14 bits per heavy atom. The number of carbonyl (C=O) groups is 1. The summed E-state index contributed by atoms with van der Waals surface area (Å²) >= 11 is 1.10. The Kier molecular flexibility index (Phi) is 6.83. The number of pyridine rings is 1. The van der Waals surface area contributed by atoms with Gasteiger partial charge in [0.1, 0.15) is 4.90 Å². The Balaban J connectivity index is 1.56. The zero-order valence-electron chi connectivity index (χ0n) is 15.6. The molecule has 0 saturated carbocycles. The van der Waals surface area contributed by atoms with Crippen LogP contribution in [0.3, 0.4) is 0 Å². The molecule has 1 amide bonds. The third-order valence-electron chi connectivity index (χ3n) is 4.36. The zero-order chi connectivity index (χ0) is 21.0. The van der Waals surface area contributed by atoms with E-state index in [1.165, 1.54) is 22.6 Å². The first kappa shape index (κ1) is 21.6. The molecule has 0 spiro atoms. The van der Waals surface area contributed by atoms with Crippen LogP contribution in [0.25, 0.3) is 0 Å². The molecular formula is C18H20F2N4O3S2. The highest BCUT2D eigenvalue weighted by Crippen LogP contribution is 2.21. The van der Waals surface area contributed by atoms with Gasteiger partial charge in [-0.2, -0.15) is 4.31 Å². The molecule has 2 aromatic rings. The van der Waals surface area contributed by atoms with E-state index in [-0.39, 0.29) is 16.3 Å². The molecule has 3 rings (SSSR count). The minimum Gasteiger partial charge on any atom is -0.325 e. The molecule has 0 bridgehead atoms. The molecule has 0 unspecified atom stereocenters. The lowest BCUT2D eigenvalue weighted by Crippen LogP contribution is -2.47. The fraction of sp³-hybridized carbons (Fsp3) is 0.333. The van der Waals surface area contributed by atoms with E-state index in [1.807, 2.05) is 7.05 Å². The van der Waals surface area contributed by atoms with Crippen molar-refractivity contribution in [3.8, 4) is 0 Å². The van der Waals surface area contributed by atoms with Gasteiger partial charge in [-0.3, -0.25) is 4.79 Å². The van der Waals surface area contributed by atoms with Crippen LogP contribution >= 0.6 is 11.8 Å². The van der Waals surface area contributed by atoms with Crippen molar-refractivity contribution in [1.82, 2.24) is 14.2 Å². The number of amides is 1. The van der Waals surface area contributed by atoms with E-state index in [0.717, 1.165) is 23.9 Å². The first-order valence-corrected chi connectivity index (χ1v) is 11.2. The second kappa shape index (κ2) is 9.16. The first-order valence-electron chi connectivity index (χ1n) is 8.78. The highest BCUT2D eigenvalue weighted by atomic mass is 32.2. The zero-order valence-corrected chi connectivity index (χ0v) is 17.3. The van der Waals surface area contributed by atoms with E-state index >= 15 is 0 Å². The number of hydrogen-bond donors (Lipinski definition) is 1. The number of piperazine rings is 1. The minimum atomic E-state index is -3.59. The molecule has 1 aromatic heterocycles. The van der Waals surface area contributed by atoms with Crippen LogP contribution < -0.4 is 5.32 Å². The molecule has 2 heterocycles. The van der Waals surface area contributed by atoms with Crippen molar-refractivity contribution < 1.29 is 22.0 Å². The van der Waals surface area contributed by atoms with Gasteiger partial charge < -0.3 is 10.2 Å². The lowest BCUT2D eigenvalue weighted by molar-refractivity contribution is -0.113. The van der Waals surface area contributed by atoms with Crippen molar-refractivity contribution >= 4 is 33.4 Å². The van der Waals surface area contributed by atoms with Gasteiger partial charge in [0.05, 0.1) is 10.8 Å². The number of benzene rings is 1. The van der Waals surface area contributed by atoms with Crippen LogP contribution in [0.2, 0.25) is 0 Å². The number of halogens is 2. The third-order valence-corrected chi connectivity index (χ3v) is 7.19. The molecule has 1 aliphatic rings. The van der Waals surface area contributed by atoms with Gasteiger partial charge in [0.15, 0.2) is 11.6 Å². The average Bonchev–Trinajstić information content (AvgIpc) is 2.70. The summed E-state index contributed by atoms with van der Waals surface area (Å²) in [5, 5.41) is 2.94. The predicted octanol–water partition coefficient (Wildman–Crippen LogP) is 2.03.